The molecule has 1 nitrogen and oxygen atoms in total. The van der Waals surface area contributed by atoms with Crippen LogP contribution >= 0.6 is 0 Å². The summed E-state index contributed by atoms with van der Waals surface area (Å²) in [5.74, 6) is 0.557. The molecule has 0 bridgehead atoms. The van der Waals surface area contributed by atoms with Crippen LogP contribution in [0.3, 0.4) is 0 Å². The van der Waals surface area contributed by atoms with Crippen molar-refractivity contribution in [2.45, 2.75) is 27.2 Å². The number of fused-ring (bicyclic) bond motifs is 1. The van der Waals surface area contributed by atoms with Crippen molar-refractivity contribution in [3.63, 3.8) is 0 Å². The second-order valence-electron chi connectivity index (χ2n) is 4.58. The Morgan fingerprint density at radius 2 is 1.94 bits per heavy atom. The van der Waals surface area contributed by atoms with E-state index in [4.69, 9.17) is 5.73 Å². The number of anilines is 1. The fourth-order valence-corrected chi connectivity index (χ4v) is 2.28. The van der Waals surface area contributed by atoms with Gasteiger partial charge in [-0.25, -0.2) is 0 Å². The van der Waals surface area contributed by atoms with Crippen LogP contribution in [0.1, 0.15) is 27.2 Å². The fourth-order valence-electron chi connectivity index (χ4n) is 2.28. The number of allylic oxidation sites excluding steroid dienone is 2. The Morgan fingerprint density at radius 1 is 1.19 bits per heavy atom. The maximum absolute atomic E-state index is 5.83. The lowest BCUT2D eigenvalue weighted by molar-refractivity contribution is 0.758. The topological polar surface area (TPSA) is 26.0 Å². The fraction of sp³-hybridized carbons (Fsp3) is 0.333. The van der Waals surface area contributed by atoms with E-state index in [1.54, 1.807) is 0 Å². The van der Waals surface area contributed by atoms with Crippen LogP contribution < -0.4 is 16.2 Å². The molecule has 0 radical (unpaired) electrons. The zero-order chi connectivity index (χ0) is 11.7. The van der Waals surface area contributed by atoms with Crippen LogP contribution in [-0.2, 0) is 0 Å². The highest BCUT2D eigenvalue weighted by Crippen LogP contribution is 2.21. The number of benzene rings is 1. The summed E-state index contributed by atoms with van der Waals surface area (Å²) in [6.07, 6.45) is 5.76. The number of rotatable bonds is 1. The van der Waals surface area contributed by atoms with Crippen LogP contribution in [-0.4, -0.2) is 0 Å². The lowest BCUT2D eigenvalue weighted by atomic mass is 9.94. The Bertz CT molecular complexity index is 549. The van der Waals surface area contributed by atoms with Gasteiger partial charge in [-0.05, 0) is 48.8 Å². The average molecular weight is 213 g/mol. The van der Waals surface area contributed by atoms with Crippen LogP contribution in [0, 0.1) is 5.92 Å². The van der Waals surface area contributed by atoms with Crippen molar-refractivity contribution in [3.05, 3.63) is 39.8 Å². The van der Waals surface area contributed by atoms with Gasteiger partial charge >= 0.3 is 0 Å². The molecule has 1 atom stereocenters. The lowest BCUT2D eigenvalue weighted by Crippen LogP contribution is -2.24. The minimum absolute atomic E-state index is 0.557. The van der Waals surface area contributed by atoms with E-state index in [0.717, 1.165) is 12.1 Å². The highest BCUT2D eigenvalue weighted by molar-refractivity contribution is 5.56. The van der Waals surface area contributed by atoms with Gasteiger partial charge in [0.1, 0.15) is 0 Å². The van der Waals surface area contributed by atoms with E-state index < -0.39 is 0 Å². The van der Waals surface area contributed by atoms with Crippen LogP contribution in [0.4, 0.5) is 5.69 Å². The average Bonchev–Trinajstić information content (AvgIpc) is 2.37. The number of hydrogen-bond acceptors (Lipinski definition) is 1. The van der Waals surface area contributed by atoms with Crippen molar-refractivity contribution in [3.8, 4) is 0 Å². The van der Waals surface area contributed by atoms with Crippen molar-refractivity contribution in [2.75, 3.05) is 5.73 Å². The predicted octanol–water partition coefficient (Wildman–Crippen LogP) is 2.21. The van der Waals surface area contributed by atoms with Gasteiger partial charge in [0.05, 0.1) is 0 Å². The largest absolute Gasteiger partial charge is 0.399 e. The van der Waals surface area contributed by atoms with Crippen molar-refractivity contribution in [1.29, 1.82) is 0 Å². The first kappa shape index (κ1) is 11.0. The zero-order valence-corrected chi connectivity index (χ0v) is 10.2. The van der Waals surface area contributed by atoms with Gasteiger partial charge < -0.3 is 5.73 Å². The molecule has 1 unspecified atom stereocenters. The summed E-state index contributed by atoms with van der Waals surface area (Å²) in [6.45, 7) is 6.65. The monoisotopic (exact) mass is 213 g/mol. The van der Waals surface area contributed by atoms with Gasteiger partial charge in [0, 0.05) is 5.69 Å². The first-order chi connectivity index (χ1) is 7.61. The first-order valence-electron chi connectivity index (χ1n) is 5.88. The normalized spacial score (nSPS) is 19.6. The molecule has 0 aromatic heterocycles. The number of nitrogens with two attached hydrogens (primary N) is 1. The van der Waals surface area contributed by atoms with Crippen molar-refractivity contribution < 1.29 is 0 Å². The summed E-state index contributed by atoms with van der Waals surface area (Å²) in [6, 6.07) is 6.15. The molecule has 84 valence electrons. The molecule has 0 spiro atoms. The van der Waals surface area contributed by atoms with E-state index in [0.29, 0.717) is 5.92 Å². The zero-order valence-electron chi connectivity index (χ0n) is 10.2. The molecule has 1 aromatic carbocycles. The lowest BCUT2D eigenvalue weighted by Gasteiger charge is -2.11. The molecule has 2 N–H and O–H groups in total. The molecule has 0 fully saturated rings. The Hall–Kier alpha value is -1.50. The van der Waals surface area contributed by atoms with E-state index in [1.807, 2.05) is 6.07 Å². The van der Waals surface area contributed by atoms with Crippen molar-refractivity contribution >= 4 is 17.8 Å². The van der Waals surface area contributed by atoms with Gasteiger partial charge in [0.25, 0.3) is 0 Å². The van der Waals surface area contributed by atoms with Gasteiger partial charge in [0.2, 0.25) is 0 Å². The number of hydrogen-bond donors (Lipinski definition) is 1. The molecule has 0 saturated carbocycles. The van der Waals surface area contributed by atoms with E-state index in [-0.39, 0.29) is 0 Å². The molecule has 0 saturated heterocycles. The summed E-state index contributed by atoms with van der Waals surface area (Å²) >= 11 is 0. The Morgan fingerprint density at radius 3 is 2.62 bits per heavy atom. The number of nitrogen functional groups attached to an aromatic ring is 1. The summed E-state index contributed by atoms with van der Waals surface area (Å²) in [5.41, 5.74) is 9.50. The van der Waals surface area contributed by atoms with Gasteiger partial charge in [-0.3, -0.25) is 0 Å². The summed E-state index contributed by atoms with van der Waals surface area (Å²) < 4.78 is 0. The van der Waals surface area contributed by atoms with E-state index >= 15 is 0 Å². The Labute approximate surface area is 97.0 Å². The molecule has 0 heterocycles. The first-order valence-corrected chi connectivity index (χ1v) is 5.88. The minimum atomic E-state index is 0.557. The van der Waals surface area contributed by atoms with E-state index in [2.05, 4.69) is 45.1 Å². The van der Waals surface area contributed by atoms with Crippen molar-refractivity contribution in [2.24, 2.45) is 5.92 Å². The third-order valence-electron chi connectivity index (χ3n) is 3.48. The van der Waals surface area contributed by atoms with E-state index in [1.165, 1.54) is 21.6 Å². The second kappa shape index (κ2) is 4.17. The van der Waals surface area contributed by atoms with Crippen LogP contribution in [0.5, 0.6) is 0 Å². The molecule has 2 rings (SSSR count). The molecule has 16 heavy (non-hydrogen) atoms. The minimum Gasteiger partial charge on any atom is -0.399 e. The molecule has 1 heteroatoms. The summed E-state index contributed by atoms with van der Waals surface area (Å²) in [4.78, 5) is 0. The molecule has 1 aliphatic carbocycles. The smallest absolute Gasteiger partial charge is 0.0320 e. The molecule has 0 amide bonds. The molecule has 0 aliphatic heterocycles. The summed E-state index contributed by atoms with van der Waals surface area (Å²) in [5, 5.41) is 2.55. The molecule has 1 aromatic rings. The third kappa shape index (κ3) is 1.90. The van der Waals surface area contributed by atoms with Gasteiger partial charge in [-0.2, -0.15) is 0 Å². The van der Waals surface area contributed by atoms with Gasteiger partial charge in [-0.1, -0.05) is 36.3 Å². The predicted molar refractivity (Wildman–Crippen MR) is 71.2 cm³/mol. The molecular weight excluding hydrogens is 194 g/mol. The van der Waals surface area contributed by atoms with E-state index in [9.17, 15) is 0 Å². The van der Waals surface area contributed by atoms with Crippen LogP contribution in [0.25, 0.3) is 12.2 Å². The quantitative estimate of drug-likeness (QED) is 0.711. The van der Waals surface area contributed by atoms with Crippen molar-refractivity contribution in [1.82, 2.24) is 0 Å². The highest BCUT2D eigenvalue weighted by Gasteiger charge is 2.09. The third-order valence-corrected chi connectivity index (χ3v) is 3.48. The maximum Gasteiger partial charge on any atom is 0.0320 e. The Kier molecular flexibility index (Phi) is 2.86. The van der Waals surface area contributed by atoms with Gasteiger partial charge in [-0.15, -0.1) is 0 Å². The Balaban J connectivity index is 2.74. The van der Waals surface area contributed by atoms with Gasteiger partial charge in [0.15, 0.2) is 0 Å². The van der Waals surface area contributed by atoms with Crippen LogP contribution in [0.2, 0.25) is 0 Å². The SMILES string of the molecule is CCC1C=c2ccc(N)cc2=CC(C)=C1C. The molecule has 1 aliphatic rings. The standard InChI is InChI=1S/C15H19N/c1-4-12-8-13-5-6-15(16)9-14(13)7-10(2)11(12)3/h5-9,12H,4,16H2,1-3H3. The summed E-state index contributed by atoms with van der Waals surface area (Å²) in [7, 11) is 0. The highest BCUT2D eigenvalue weighted by atomic mass is 14.5. The second-order valence-corrected chi connectivity index (χ2v) is 4.58. The molecular formula is C15H19N. The maximum atomic E-state index is 5.83. The van der Waals surface area contributed by atoms with Crippen LogP contribution in [0.15, 0.2) is 29.3 Å².